The number of nitrogens with zero attached hydrogens (tertiary/aromatic N) is 2. The van der Waals surface area contributed by atoms with Crippen LogP contribution in [0.15, 0.2) is 18.2 Å². The van der Waals surface area contributed by atoms with Gasteiger partial charge in [0.05, 0.1) is 25.6 Å². The molecule has 5 heteroatoms. The van der Waals surface area contributed by atoms with Gasteiger partial charge in [-0.2, -0.15) is 0 Å². The van der Waals surface area contributed by atoms with Crippen molar-refractivity contribution in [1.29, 1.82) is 0 Å². The van der Waals surface area contributed by atoms with Gasteiger partial charge < -0.3 is 14.8 Å². The first-order chi connectivity index (χ1) is 10.1. The van der Waals surface area contributed by atoms with Gasteiger partial charge in [0.25, 0.3) is 0 Å². The Bertz CT molecular complexity index is 642. The summed E-state index contributed by atoms with van der Waals surface area (Å²) < 4.78 is 10.6. The number of hydrogen-bond donors (Lipinski definition) is 1. The van der Waals surface area contributed by atoms with Gasteiger partial charge in [0.15, 0.2) is 17.3 Å². The van der Waals surface area contributed by atoms with Crippen LogP contribution in [0.4, 0.5) is 5.82 Å². The van der Waals surface area contributed by atoms with E-state index in [1.54, 1.807) is 14.2 Å². The summed E-state index contributed by atoms with van der Waals surface area (Å²) in [4.78, 5) is 9.26. The van der Waals surface area contributed by atoms with Crippen LogP contribution in [0.1, 0.15) is 18.3 Å². The summed E-state index contributed by atoms with van der Waals surface area (Å²) in [6.45, 7) is 6.75. The van der Waals surface area contributed by atoms with E-state index in [-0.39, 0.29) is 0 Å². The van der Waals surface area contributed by atoms with Gasteiger partial charge in [0, 0.05) is 12.1 Å². The van der Waals surface area contributed by atoms with Gasteiger partial charge in [-0.15, -0.1) is 0 Å². The maximum absolute atomic E-state index is 5.36. The molecule has 0 aliphatic rings. The molecule has 0 saturated heterocycles. The van der Waals surface area contributed by atoms with Gasteiger partial charge in [0.1, 0.15) is 5.69 Å². The molecule has 0 fully saturated rings. The number of benzene rings is 1. The van der Waals surface area contributed by atoms with Crippen molar-refractivity contribution in [2.45, 2.75) is 20.8 Å². The quantitative estimate of drug-likeness (QED) is 0.915. The maximum Gasteiger partial charge on any atom is 0.161 e. The maximum atomic E-state index is 5.36. The molecule has 1 N–H and O–H groups in total. The minimum atomic E-state index is 0.678. The second-order valence-electron chi connectivity index (χ2n) is 4.69. The fourth-order valence-corrected chi connectivity index (χ4v) is 2.08. The third-order valence-corrected chi connectivity index (χ3v) is 3.31. The van der Waals surface area contributed by atoms with E-state index in [0.29, 0.717) is 11.5 Å². The molecular formula is C16H21N3O2. The van der Waals surface area contributed by atoms with Crippen molar-refractivity contribution in [3.63, 3.8) is 0 Å². The topological polar surface area (TPSA) is 56.3 Å². The average Bonchev–Trinajstić information content (AvgIpc) is 2.50. The zero-order chi connectivity index (χ0) is 15.4. The van der Waals surface area contributed by atoms with Gasteiger partial charge >= 0.3 is 0 Å². The first kappa shape index (κ1) is 15.1. The average molecular weight is 287 g/mol. The number of ether oxygens (including phenoxy) is 2. The Hall–Kier alpha value is -2.30. The third kappa shape index (κ3) is 3.07. The Morgan fingerprint density at radius 2 is 1.67 bits per heavy atom. The highest BCUT2D eigenvalue weighted by Gasteiger charge is 2.13. The Balaban J connectivity index is 2.57. The lowest BCUT2D eigenvalue weighted by atomic mass is 10.1. The Kier molecular flexibility index (Phi) is 4.62. The number of aryl methyl sites for hydroxylation is 2. The van der Waals surface area contributed by atoms with E-state index in [2.05, 4.69) is 15.3 Å². The van der Waals surface area contributed by atoms with Crippen molar-refractivity contribution in [3.8, 4) is 22.8 Å². The lowest BCUT2D eigenvalue weighted by Crippen LogP contribution is -2.06. The molecule has 1 aromatic heterocycles. The van der Waals surface area contributed by atoms with Crippen molar-refractivity contribution in [3.05, 3.63) is 29.6 Å². The molecule has 1 aromatic carbocycles. The SMILES string of the molecule is CCNc1nc(C)c(C)nc1-c1ccc(OC)c(OC)c1. The molecule has 0 aliphatic carbocycles. The fraction of sp³-hybridized carbons (Fsp3) is 0.375. The zero-order valence-electron chi connectivity index (χ0n) is 13.2. The Morgan fingerprint density at radius 1 is 1.00 bits per heavy atom. The summed E-state index contributed by atoms with van der Waals surface area (Å²) in [5, 5.41) is 3.26. The van der Waals surface area contributed by atoms with Gasteiger partial charge in [-0.05, 0) is 39.0 Å². The highest BCUT2D eigenvalue weighted by Crippen LogP contribution is 2.34. The second kappa shape index (κ2) is 6.43. The van der Waals surface area contributed by atoms with Crippen LogP contribution in [0.25, 0.3) is 11.3 Å². The summed E-state index contributed by atoms with van der Waals surface area (Å²) in [7, 11) is 3.25. The molecule has 5 nitrogen and oxygen atoms in total. The first-order valence-corrected chi connectivity index (χ1v) is 6.92. The molecule has 2 aromatic rings. The Labute approximate surface area is 125 Å². The van der Waals surface area contributed by atoms with E-state index in [4.69, 9.17) is 9.47 Å². The minimum Gasteiger partial charge on any atom is -0.493 e. The van der Waals surface area contributed by atoms with Crippen LogP contribution in [0, 0.1) is 13.8 Å². The van der Waals surface area contributed by atoms with E-state index in [0.717, 1.165) is 35.0 Å². The molecule has 0 amide bonds. The number of aromatic nitrogens is 2. The van der Waals surface area contributed by atoms with Gasteiger partial charge in [-0.1, -0.05) is 0 Å². The number of methoxy groups -OCH3 is 2. The normalized spacial score (nSPS) is 10.3. The van der Waals surface area contributed by atoms with Crippen LogP contribution in [0.5, 0.6) is 11.5 Å². The predicted octanol–water partition coefficient (Wildman–Crippen LogP) is 3.21. The van der Waals surface area contributed by atoms with E-state index in [9.17, 15) is 0 Å². The smallest absolute Gasteiger partial charge is 0.161 e. The minimum absolute atomic E-state index is 0.678. The third-order valence-electron chi connectivity index (χ3n) is 3.31. The molecule has 0 radical (unpaired) electrons. The van der Waals surface area contributed by atoms with Crippen LogP contribution in [0.3, 0.4) is 0 Å². The van der Waals surface area contributed by atoms with Crippen LogP contribution >= 0.6 is 0 Å². The van der Waals surface area contributed by atoms with Gasteiger partial charge in [-0.25, -0.2) is 9.97 Å². The molecule has 0 atom stereocenters. The predicted molar refractivity (Wildman–Crippen MR) is 84.2 cm³/mol. The molecule has 1 heterocycles. The molecule has 0 bridgehead atoms. The number of rotatable bonds is 5. The standard InChI is InChI=1S/C16H21N3O2/c1-6-17-16-15(18-10(2)11(3)19-16)12-7-8-13(20-4)14(9-12)21-5/h7-9H,6H2,1-5H3,(H,17,19). The molecule has 0 aliphatic heterocycles. The molecule has 21 heavy (non-hydrogen) atoms. The molecule has 0 saturated carbocycles. The zero-order valence-corrected chi connectivity index (χ0v) is 13.2. The molecule has 112 valence electrons. The summed E-state index contributed by atoms with van der Waals surface area (Å²) in [6, 6.07) is 5.75. The fourth-order valence-electron chi connectivity index (χ4n) is 2.08. The lowest BCUT2D eigenvalue weighted by molar-refractivity contribution is 0.355. The van der Waals surface area contributed by atoms with Crippen LogP contribution in [-0.4, -0.2) is 30.7 Å². The largest absolute Gasteiger partial charge is 0.493 e. The highest BCUT2D eigenvalue weighted by molar-refractivity contribution is 5.73. The van der Waals surface area contributed by atoms with E-state index in [1.165, 1.54) is 0 Å². The van der Waals surface area contributed by atoms with Crippen molar-refractivity contribution < 1.29 is 9.47 Å². The monoisotopic (exact) mass is 287 g/mol. The van der Waals surface area contributed by atoms with Gasteiger partial charge in [-0.3, -0.25) is 0 Å². The van der Waals surface area contributed by atoms with E-state index < -0.39 is 0 Å². The van der Waals surface area contributed by atoms with E-state index >= 15 is 0 Å². The van der Waals surface area contributed by atoms with Crippen molar-refractivity contribution in [2.75, 3.05) is 26.1 Å². The first-order valence-electron chi connectivity index (χ1n) is 6.92. The molecule has 2 rings (SSSR count). The molecule has 0 spiro atoms. The summed E-state index contributed by atoms with van der Waals surface area (Å²) in [5.74, 6) is 2.16. The molecular weight excluding hydrogens is 266 g/mol. The summed E-state index contributed by atoms with van der Waals surface area (Å²) in [6.07, 6.45) is 0. The van der Waals surface area contributed by atoms with Crippen molar-refractivity contribution >= 4 is 5.82 Å². The number of nitrogens with one attached hydrogen (secondary N) is 1. The van der Waals surface area contributed by atoms with Crippen LogP contribution in [-0.2, 0) is 0 Å². The number of hydrogen-bond acceptors (Lipinski definition) is 5. The summed E-state index contributed by atoms with van der Waals surface area (Å²) >= 11 is 0. The summed E-state index contributed by atoms with van der Waals surface area (Å²) in [5.41, 5.74) is 3.61. The lowest BCUT2D eigenvalue weighted by Gasteiger charge is -2.14. The van der Waals surface area contributed by atoms with Crippen LogP contribution in [0.2, 0.25) is 0 Å². The van der Waals surface area contributed by atoms with E-state index in [1.807, 2.05) is 39.0 Å². The van der Waals surface area contributed by atoms with Crippen molar-refractivity contribution in [1.82, 2.24) is 9.97 Å². The Morgan fingerprint density at radius 3 is 2.29 bits per heavy atom. The highest BCUT2D eigenvalue weighted by atomic mass is 16.5. The van der Waals surface area contributed by atoms with Gasteiger partial charge in [0.2, 0.25) is 0 Å². The van der Waals surface area contributed by atoms with Crippen molar-refractivity contribution in [2.24, 2.45) is 0 Å². The number of anilines is 1. The second-order valence-corrected chi connectivity index (χ2v) is 4.69. The van der Waals surface area contributed by atoms with Crippen LogP contribution < -0.4 is 14.8 Å². The molecule has 0 unspecified atom stereocenters.